The van der Waals surface area contributed by atoms with Crippen molar-refractivity contribution in [2.75, 3.05) is 0 Å². The second-order valence-corrected chi connectivity index (χ2v) is 6.79. The third kappa shape index (κ3) is 2.95. The van der Waals surface area contributed by atoms with Crippen LogP contribution in [-0.2, 0) is 0 Å². The van der Waals surface area contributed by atoms with Gasteiger partial charge in [-0.2, -0.15) is 0 Å². The Kier molecular flexibility index (Phi) is 3.98. The van der Waals surface area contributed by atoms with Crippen molar-refractivity contribution in [1.82, 2.24) is 9.97 Å². The molecule has 0 spiro atoms. The minimum Gasteiger partial charge on any atom is -0.215 e. The standard InChI is InChI=1S/C16H12Cl2N2S/c1-9-4-3-5-11(8-9)13-14(17)19-16(20-15(13)18)12-7-6-10(2)21-12/h3-8H,1-2H3. The van der Waals surface area contributed by atoms with Gasteiger partial charge in [0, 0.05) is 4.88 Å². The van der Waals surface area contributed by atoms with E-state index in [1.807, 2.05) is 50.2 Å². The highest BCUT2D eigenvalue weighted by atomic mass is 35.5. The van der Waals surface area contributed by atoms with E-state index in [0.717, 1.165) is 16.0 Å². The molecule has 0 atom stereocenters. The summed E-state index contributed by atoms with van der Waals surface area (Å²) in [6, 6.07) is 12.0. The van der Waals surface area contributed by atoms with Gasteiger partial charge >= 0.3 is 0 Å². The summed E-state index contributed by atoms with van der Waals surface area (Å²) < 4.78 is 0. The van der Waals surface area contributed by atoms with Crippen LogP contribution in [0, 0.1) is 13.8 Å². The Labute approximate surface area is 137 Å². The molecule has 0 aliphatic carbocycles. The number of hydrogen-bond acceptors (Lipinski definition) is 3. The third-order valence-corrected chi connectivity index (χ3v) is 4.63. The second kappa shape index (κ2) is 5.76. The number of aryl methyl sites for hydroxylation is 2. The van der Waals surface area contributed by atoms with Gasteiger partial charge in [-0.05, 0) is 31.5 Å². The van der Waals surface area contributed by atoms with Crippen molar-refractivity contribution in [2.45, 2.75) is 13.8 Å². The molecule has 0 amide bonds. The maximum absolute atomic E-state index is 6.35. The molecule has 3 rings (SSSR count). The average Bonchev–Trinajstić information content (AvgIpc) is 2.85. The normalized spacial score (nSPS) is 10.9. The highest BCUT2D eigenvalue weighted by molar-refractivity contribution is 7.15. The average molecular weight is 335 g/mol. The quantitative estimate of drug-likeness (QED) is 0.554. The van der Waals surface area contributed by atoms with Crippen molar-refractivity contribution in [2.24, 2.45) is 0 Å². The molecule has 0 radical (unpaired) electrons. The van der Waals surface area contributed by atoms with Crippen LogP contribution in [0.25, 0.3) is 21.8 Å². The predicted octanol–water partition coefficient (Wildman–Crippen LogP) is 5.80. The molecule has 2 heterocycles. The van der Waals surface area contributed by atoms with Crippen molar-refractivity contribution in [3.8, 4) is 21.8 Å². The lowest BCUT2D eigenvalue weighted by molar-refractivity contribution is 1.19. The number of thiophene rings is 1. The van der Waals surface area contributed by atoms with Crippen LogP contribution in [0.5, 0.6) is 0 Å². The fourth-order valence-corrected chi connectivity index (χ4v) is 3.52. The van der Waals surface area contributed by atoms with E-state index in [1.54, 1.807) is 11.3 Å². The summed E-state index contributed by atoms with van der Waals surface area (Å²) >= 11 is 14.3. The van der Waals surface area contributed by atoms with Crippen LogP contribution in [0.2, 0.25) is 10.3 Å². The summed E-state index contributed by atoms with van der Waals surface area (Å²) in [5, 5.41) is 0.753. The Morgan fingerprint density at radius 2 is 1.67 bits per heavy atom. The summed E-state index contributed by atoms with van der Waals surface area (Å²) in [6.07, 6.45) is 0. The molecular weight excluding hydrogens is 323 g/mol. The largest absolute Gasteiger partial charge is 0.215 e. The Morgan fingerprint density at radius 3 is 2.24 bits per heavy atom. The van der Waals surface area contributed by atoms with Gasteiger partial charge in [0.25, 0.3) is 0 Å². The summed E-state index contributed by atoms with van der Waals surface area (Å²) in [5.74, 6) is 0.569. The van der Waals surface area contributed by atoms with Crippen molar-refractivity contribution in [1.29, 1.82) is 0 Å². The molecule has 0 saturated heterocycles. The molecule has 2 aromatic heterocycles. The molecular formula is C16H12Cl2N2S. The maximum atomic E-state index is 6.35. The van der Waals surface area contributed by atoms with E-state index < -0.39 is 0 Å². The van der Waals surface area contributed by atoms with Gasteiger partial charge in [0.1, 0.15) is 10.3 Å². The lowest BCUT2D eigenvalue weighted by atomic mass is 10.1. The van der Waals surface area contributed by atoms with Crippen LogP contribution in [0.1, 0.15) is 10.4 Å². The van der Waals surface area contributed by atoms with Gasteiger partial charge in [-0.3, -0.25) is 0 Å². The summed E-state index contributed by atoms with van der Waals surface area (Å²) in [6.45, 7) is 4.06. The first-order chi connectivity index (χ1) is 10.0. The van der Waals surface area contributed by atoms with Gasteiger partial charge in [0.2, 0.25) is 0 Å². The van der Waals surface area contributed by atoms with E-state index in [0.29, 0.717) is 21.7 Å². The van der Waals surface area contributed by atoms with Crippen LogP contribution in [0.3, 0.4) is 0 Å². The topological polar surface area (TPSA) is 25.8 Å². The van der Waals surface area contributed by atoms with Gasteiger partial charge in [-0.1, -0.05) is 53.0 Å². The van der Waals surface area contributed by atoms with E-state index in [4.69, 9.17) is 23.2 Å². The first-order valence-corrected chi connectivity index (χ1v) is 7.99. The molecule has 21 heavy (non-hydrogen) atoms. The van der Waals surface area contributed by atoms with Crippen LogP contribution >= 0.6 is 34.5 Å². The fraction of sp³-hybridized carbons (Fsp3) is 0.125. The monoisotopic (exact) mass is 334 g/mol. The predicted molar refractivity (Wildman–Crippen MR) is 90.3 cm³/mol. The zero-order chi connectivity index (χ0) is 15.0. The van der Waals surface area contributed by atoms with Gasteiger partial charge in [0.05, 0.1) is 10.4 Å². The van der Waals surface area contributed by atoms with Gasteiger partial charge in [-0.25, -0.2) is 9.97 Å². The molecule has 1 aromatic carbocycles. The van der Waals surface area contributed by atoms with E-state index >= 15 is 0 Å². The summed E-state index contributed by atoms with van der Waals surface area (Å²) in [7, 11) is 0. The van der Waals surface area contributed by atoms with Crippen LogP contribution in [-0.4, -0.2) is 9.97 Å². The molecule has 0 aliphatic heterocycles. The minimum absolute atomic E-state index is 0.377. The first-order valence-electron chi connectivity index (χ1n) is 6.41. The molecule has 0 saturated carbocycles. The number of benzene rings is 1. The number of nitrogens with zero attached hydrogens (tertiary/aromatic N) is 2. The minimum atomic E-state index is 0.377. The van der Waals surface area contributed by atoms with Crippen molar-refractivity contribution in [3.63, 3.8) is 0 Å². The fourth-order valence-electron chi connectivity index (χ4n) is 2.11. The second-order valence-electron chi connectivity index (χ2n) is 4.78. The van der Waals surface area contributed by atoms with Crippen LogP contribution < -0.4 is 0 Å². The smallest absolute Gasteiger partial charge is 0.172 e. The molecule has 106 valence electrons. The zero-order valence-corrected chi connectivity index (χ0v) is 13.9. The highest BCUT2D eigenvalue weighted by Crippen LogP contribution is 2.35. The number of hydrogen-bond donors (Lipinski definition) is 0. The lowest BCUT2D eigenvalue weighted by Crippen LogP contribution is -1.93. The van der Waals surface area contributed by atoms with E-state index in [1.165, 1.54) is 4.88 Å². The van der Waals surface area contributed by atoms with E-state index in [2.05, 4.69) is 9.97 Å². The van der Waals surface area contributed by atoms with Crippen molar-refractivity contribution in [3.05, 3.63) is 57.1 Å². The molecule has 0 unspecified atom stereocenters. The molecule has 0 N–H and O–H groups in total. The third-order valence-electron chi connectivity index (χ3n) is 3.09. The Morgan fingerprint density at radius 1 is 0.952 bits per heavy atom. The van der Waals surface area contributed by atoms with E-state index in [-0.39, 0.29) is 0 Å². The molecule has 3 aromatic rings. The molecule has 5 heteroatoms. The van der Waals surface area contributed by atoms with Gasteiger partial charge in [0.15, 0.2) is 5.82 Å². The highest BCUT2D eigenvalue weighted by Gasteiger charge is 2.15. The Bertz CT molecular complexity index is 789. The van der Waals surface area contributed by atoms with Crippen molar-refractivity contribution >= 4 is 34.5 Å². The Hall–Kier alpha value is -1.42. The Balaban J connectivity index is 2.12. The first kappa shape index (κ1) is 14.5. The molecule has 2 nitrogen and oxygen atoms in total. The van der Waals surface area contributed by atoms with Gasteiger partial charge in [-0.15, -0.1) is 11.3 Å². The van der Waals surface area contributed by atoms with Crippen LogP contribution in [0.15, 0.2) is 36.4 Å². The number of rotatable bonds is 2. The summed E-state index contributed by atoms with van der Waals surface area (Å²) in [4.78, 5) is 11.0. The molecule has 0 bridgehead atoms. The number of halogens is 2. The maximum Gasteiger partial charge on any atom is 0.172 e. The molecule has 0 aliphatic rings. The van der Waals surface area contributed by atoms with Gasteiger partial charge < -0.3 is 0 Å². The molecule has 0 fully saturated rings. The SMILES string of the molecule is Cc1cccc(-c2c(Cl)nc(-c3ccc(C)s3)nc2Cl)c1. The van der Waals surface area contributed by atoms with E-state index in [9.17, 15) is 0 Å². The van der Waals surface area contributed by atoms with Crippen LogP contribution in [0.4, 0.5) is 0 Å². The lowest BCUT2D eigenvalue weighted by Gasteiger charge is -2.08. The zero-order valence-electron chi connectivity index (χ0n) is 11.5. The summed E-state index contributed by atoms with van der Waals surface area (Å²) in [5.41, 5.74) is 2.75. The number of aromatic nitrogens is 2. The van der Waals surface area contributed by atoms with Crippen molar-refractivity contribution < 1.29 is 0 Å².